The largest absolute Gasteiger partial charge is 0.464 e. The first-order valence-corrected chi connectivity index (χ1v) is 5.47. The topological polar surface area (TPSA) is 96.7 Å². The number of esters is 1. The molecule has 2 N–H and O–H groups in total. The lowest BCUT2D eigenvalue weighted by Gasteiger charge is -2.16. The number of carbonyl (C=O) groups is 2. The predicted octanol–water partition coefficient (Wildman–Crippen LogP) is 0.242. The maximum Gasteiger partial charge on any atom is 0.338 e. The number of Topliss-reactive ketones (excluding diaryl/α,β-unsaturated/α-hetero) is 1. The van der Waals surface area contributed by atoms with Gasteiger partial charge in [0.2, 0.25) is 0 Å². The van der Waals surface area contributed by atoms with Crippen LogP contribution in [-0.4, -0.2) is 39.7 Å². The van der Waals surface area contributed by atoms with Crippen molar-refractivity contribution in [3.63, 3.8) is 0 Å². The van der Waals surface area contributed by atoms with Crippen molar-refractivity contribution in [2.45, 2.75) is 26.1 Å². The van der Waals surface area contributed by atoms with Crippen LogP contribution in [0, 0.1) is 0 Å². The Morgan fingerprint density at radius 2 is 2.06 bits per heavy atom. The molecule has 98 valence electrons. The molecule has 6 nitrogen and oxygen atoms in total. The van der Waals surface area contributed by atoms with Crippen LogP contribution < -0.4 is 0 Å². The normalized spacial score (nSPS) is 13.8. The van der Waals surface area contributed by atoms with Crippen LogP contribution in [-0.2, 0) is 9.53 Å². The standard InChI is InChI=1S/C12H15NO5/c1-3-18-12(17)11(16)10(15)8-4-5-9(7(2)14)13-6-8/h4-6,10-11,15-16H,3H2,1-2H3. The van der Waals surface area contributed by atoms with Gasteiger partial charge in [0.15, 0.2) is 11.9 Å². The summed E-state index contributed by atoms with van der Waals surface area (Å²) in [5.41, 5.74) is 0.483. The van der Waals surface area contributed by atoms with E-state index in [1.165, 1.54) is 25.3 Å². The van der Waals surface area contributed by atoms with E-state index in [0.29, 0.717) is 0 Å². The Balaban J connectivity index is 2.80. The van der Waals surface area contributed by atoms with Gasteiger partial charge < -0.3 is 14.9 Å². The van der Waals surface area contributed by atoms with Gasteiger partial charge in [0.25, 0.3) is 0 Å². The molecule has 2 unspecified atom stereocenters. The van der Waals surface area contributed by atoms with Crippen molar-refractivity contribution >= 4 is 11.8 Å². The van der Waals surface area contributed by atoms with E-state index in [0.717, 1.165) is 0 Å². The van der Waals surface area contributed by atoms with Crippen molar-refractivity contribution in [2.24, 2.45) is 0 Å². The highest BCUT2D eigenvalue weighted by Crippen LogP contribution is 2.17. The Labute approximate surface area is 104 Å². The molecule has 0 fully saturated rings. The second kappa shape index (κ2) is 6.23. The van der Waals surface area contributed by atoms with Crippen LogP contribution in [0.25, 0.3) is 0 Å². The van der Waals surface area contributed by atoms with Crippen LogP contribution >= 0.6 is 0 Å². The molecule has 1 heterocycles. The van der Waals surface area contributed by atoms with Crippen LogP contribution in [0.1, 0.15) is 36.0 Å². The summed E-state index contributed by atoms with van der Waals surface area (Å²) in [6.45, 7) is 3.08. The average molecular weight is 253 g/mol. The number of hydrogen-bond acceptors (Lipinski definition) is 6. The number of aliphatic hydroxyl groups excluding tert-OH is 2. The molecule has 2 atom stereocenters. The van der Waals surface area contributed by atoms with Gasteiger partial charge in [-0.25, -0.2) is 4.79 Å². The minimum Gasteiger partial charge on any atom is -0.464 e. The highest BCUT2D eigenvalue weighted by atomic mass is 16.5. The van der Waals surface area contributed by atoms with E-state index in [4.69, 9.17) is 0 Å². The third-order valence-electron chi connectivity index (χ3n) is 2.32. The third-order valence-corrected chi connectivity index (χ3v) is 2.32. The van der Waals surface area contributed by atoms with Crippen molar-refractivity contribution in [3.05, 3.63) is 29.6 Å². The molecule has 0 saturated carbocycles. The van der Waals surface area contributed by atoms with Crippen LogP contribution in [0.2, 0.25) is 0 Å². The molecular weight excluding hydrogens is 238 g/mol. The van der Waals surface area contributed by atoms with Crippen LogP contribution in [0.5, 0.6) is 0 Å². The molecule has 1 aromatic rings. The number of nitrogens with zero attached hydrogens (tertiary/aromatic N) is 1. The van der Waals surface area contributed by atoms with Gasteiger partial charge in [-0.2, -0.15) is 0 Å². The minimum atomic E-state index is -1.67. The summed E-state index contributed by atoms with van der Waals surface area (Å²) in [6.07, 6.45) is -1.86. The highest BCUT2D eigenvalue weighted by Gasteiger charge is 2.27. The fourth-order valence-corrected chi connectivity index (χ4v) is 1.33. The molecule has 0 aliphatic carbocycles. The fourth-order valence-electron chi connectivity index (χ4n) is 1.33. The zero-order valence-corrected chi connectivity index (χ0v) is 10.2. The molecule has 6 heteroatoms. The summed E-state index contributed by atoms with van der Waals surface area (Å²) < 4.78 is 4.58. The Morgan fingerprint density at radius 1 is 1.39 bits per heavy atom. The second-order valence-corrected chi connectivity index (χ2v) is 3.67. The first kappa shape index (κ1) is 14.3. The smallest absolute Gasteiger partial charge is 0.338 e. The first-order chi connectivity index (χ1) is 8.47. The van der Waals surface area contributed by atoms with Crippen molar-refractivity contribution < 1.29 is 24.5 Å². The van der Waals surface area contributed by atoms with Gasteiger partial charge in [0.1, 0.15) is 11.8 Å². The summed E-state index contributed by atoms with van der Waals surface area (Å²) in [5.74, 6) is -1.11. The summed E-state index contributed by atoms with van der Waals surface area (Å²) in [5, 5.41) is 19.3. The molecule has 0 spiro atoms. The van der Waals surface area contributed by atoms with Gasteiger partial charge in [0, 0.05) is 18.7 Å². The number of carbonyl (C=O) groups excluding carboxylic acids is 2. The number of pyridine rings is 1. The zero-order valence-electron chi connectivity index (χ0n) is 10.2. The van der Waals surface area contributed by atoms with E-state index >= 15 is 0 Å². The quantitative estimate of drug-likeness (QED) is 0.576. The molecule has 1 rings (SSSR count). The number of aliphatic hydroxyl groups is 2. The molecular formula is C12H15NO5. The van der Waals surface area contributed by atoms with E-state index in [1.807, 2.05) is 0 Å². The lowest BCUT2D eigenvalue weighted by molar-refractivity contribution is -0.159. The van der Waals surface area contributed by atoms with Gasteiger partial charge in [-0.3, -0.25) is 9.78 Å². The van der Waals surface area contributed by atoms with Crippen LogP contribution in [0.4, 0.5) is 0 Å². The Bertz CT molecular complexity index is 429. The molecule has 0 aromatic carbocycles. The number of hydrogen-bond donors (Lipinski definition) is 2. The maximum absolute atomic E-state index is 11.2. The van der Waals surface area contributed by atoms with Crippen LogP contribution in [0.15, 0.2) is 18.3 Å². The summed E-state index contributed by atoms with van der Waals surface area (Å²) in [4.78, 5) is 26.0. The predicted molar refractivity (Wildman–Crippen MR) is 61.8 cm³/mol. The molecule has 18 heavy (non-hydrogen) atoms. The van der Waals surface area contributed by atoms with E-state index in [9.17, 15) is 19.8 Å². The van der Waals surface area contributed by atoms with E-state index in [2.05, 4.69) is 9.72 Å². The highest BCUT2D eigenvalue weighted by molar-refractivity contribution is 5.92. The summed E-state index contributed by atoms with van der Waals surface area (Å²) in [6, 6.07) is 2.84. The van der Waals surface area contributed by atoms with E-state index in [1.54, 1.807) is 6.92 Å². The molecule has 0 radical (unpaired) electrons. The molecule has 0 amide bonds. The number of ketones is 1. The Kier molecular flexibility index (Phi) is 4.94. The van der Waals surface area contributed by atoms with E-state index < -0.39 is 18.2 Å². The second-order valence-electron chi connectivity index (χ2n) is 3.67. The number of rotatable bonds is 5. The van der Waals surface area contributed by atoms with Gasteiger partial charge in [-0.15, -0.1) is 0 Å². The van der Waals surface area contributed by atoms with Gasteiger partial charge in [0.05, 0.1) is 6.61 Å². The monoisotopic (exact) mass is 253 g/mol. The SMILES string of the molecule is CCOC(=O)C(O)C(O)c1ccc(C(C)=O)nc1. The number of aromatic nitrogens is 1. The number of ether oxygens (including phenoxy) is 1. The van der Waals surface area contributed by atoms with Crippen molar-refractivity contribution in [1.29, 1.82) is 0 Å². The van der Waals surface area contributed by atoms with Crippen LogP contribution in [0.3, 0.4) is 0 Å². The summed E-state index contributed by atoms with van der Waals surface area (Å²) in [7, 11) is 0. The fraction of sp³-hybridized carbons (Fsp3) is 0.417. The molecule has 1 aromatic heterocycles. The van der Waals surface area contributed by atoms with E-state index in [-0.39, 0.29) is 23.6 Å². The Morgan fingerprint density at radius 3 is 2.50 bits per heavy atom. The Hall–Kier alpha value is -1.79. The van der Waals surface area contributed by atoms with Crippen molar-refractivity contribution in [2.75, 3.05) is 6.61 Å². The van der Waals surface area contributed by atoms with Gasteiger partial charge >= 0.3 is 5.97 Å². The molecule has 0 aliphatic rings. The first-order valence-electron chi connectivity index (χ1n) is 5.47. The summed E-state index contributed by atoms with van der Waals surface area (Å²) >= 11 is 0. The van der Waals surface area contributed by atoms with Crippen molar-refractivity contribution in [1.82, 2.24) is 4.98 Å². The third kappa shape index (κ3) is 3.35. The zero-order chi connectivity index (χ0) is 13.7. The van der Waals surface area contributed by atoms with Gasteiger partial charge in [-0.1, -0.05) is 6.07 Å². The average Bonchev–Trinajstić information content (AvgIpc) is 2.37. The van der Waals surface area contributed by atoms with Crippen molar-refractivity contribution in [3.8, 4) is 0 Å². The maximum atomic E-state index is 11.2. The van der Waals surface area contributed by atoms with Gasteiger partial charge in [-0.05, 0) is 13.0 Å². The minimum absolute atomic E-state index is 0.115. The lowest BCUT2D eigenvalue weighted by atomic mass is 10.1. The molecule has 0 bridgehead atoms. The molecule has 0 aliphatic heterocycles. The lowest BCUT2D eigenvalue weighted by Crippen LogP contribution is -2.30. The molecule has 0 saturated heterocycles.